The standard InChI is InChI=1S/C17H16N4O4.ClH/c18-16-15-10(20-17(19)21-16)2-1-3-12(15)25-14(7-22)9-4-5-11-13(6-9)24-8-23-11;/h1-6,14,22H,7-8H2,(H4,18,19,20,21);1H. The van der Waals surface area contributed by atoms with E-state index in [1.54, 1.807) is 30.3 Å². The molecule has 2 aromatic carbocycles. The molecule has 8 nitrogen and oxygen atoms in total. The Kier molecular flexibility index (Phi) is 4.88. The lowest BCUT2D eigenvalue weighted by molar-refractivity contribution is 0.117. The first kappa shape index (κ1) is 17.8. The highest BCUT2D eigenvalue weighted by Crippen LogP contribution is 2.37. The second-order valence-corrected chi connectivity index (χ2v) is 5.52. The van der Waals surface area contributed by atoms with Crippen molar-refractivity contribution in [2.75, 3.05) is 24.9 Å². The molecule has 136 valence electrons. The van der Waals surface area contributed by atoms with E-state index >= 15 is 0 Å². The van der Waals surface area contributed by atoms with Gasteiger partial charge in [0.05, 0.1) is 17.5 Å². The number of ether oxygens (including phenoxy) is 3. The lowest BCUT2D eigenvalue weighted by atomic mass is 10.1. The number of rotatable bonds is 4. The summed E-state index contributed by atoms with van der Waals surface area (Å²) in [5, 5.41) is 10.3. The molecule has 0 saturated heterocycles. The fraction of sp³-hybridized carbons (Fsp3) is 0.176. The number of hydrogen-bond acceptors (Lipinski definition) is 8. The molecule has 0 fully saturated rings. The fourth-order valence-electron chi connectivity index (χ4n) is 2.77. The highest BCUT2D eigenvalue weighted by Gasteiger charge is 2.20. The molecule has 0 amide bonds. The molecule has 26 heavy (non-hydrogen) atoms. The lowest BCUT2D eigenvalue weighted by Gasteiger charge is -2.19. The number of hydrogen-bond donors (Lipinski definition) is 3. The van der Waals surface area contributed by atoms with Crippen molar-refractivity contribution < 1.29 is 19.3 Å². The molecule has 1 aliphatic rings. The Bertz CT molecular complexity index is 953. The van der Waals surface area contributed by atoms with Crippen molar-refractivity contribution in [1.29, 1.82) is 0 Å². The molecule has 0 radical (unpaired) electrons. The van der Waals surface area contributed by atoms with E-state index in [2.05, 4.69) is 9.97 Å². The van der Waals surface area contributed by atoms with Gasteiger partial charge in [0.15, 0.2) is 11.5 Å². The van der Waals surface area contributed by atoms with Crippen molar-refractivity contribution in [2.24, 2.45) is 0 Å². The predicted octanol–water partition coefficient (Wildman–Crippen LogP) is 2.06. The summed E-state index contributed by atoms with van der Waals surface area (Å²) in [5.74, 6) is 2.07. The zero-order valence-corrected chi connectivity index (χ0v) is 14.4. The molecule has 9 heteroatoms. The van der Waals surface area contributed by atoms with E-state index in [-0.39, 0.29) is 37.6 Å². The number of anilines is 2. The number of fused-ring (bicyclic) bond motifs is 2. The average Bonchev–Trinajstić information content (AvgIpc) is 3.06. The van der Waals surface area contributed by atoms with Crippen LogP contribution in [-0.2, 0) is 0 Å². The Labute approximate surface area is 155 Å². The Balaban J connectivity index is 0.00000196. The van der Waals surface area contributed by atoms with E-state index < -0.39 is 6.10 Å². The van der Waals surface area contributed by atoms with Gasteiger partial charge in [-0.1, -0.05) is 12.1 Å². The molecule has 4 rings (SSSR count). The summed E-state index contributed by atoms with van der Waals surface area (Å²) in [6.07, 6.45) is -0.614. The summed E-state index contributed by atoms with van der Waals surface area (Å²) in [6, 6.07) is 10.7. The monoisotopic (exact) mass is 376 g/mol. The number of nitrogens with two attached hydrogens (primary N) is 2. The molecule has 1 atom stereocenters. The van der Waals surface area contributed by atoms with Crippen LogP contribution in [0.5, 0.6) is 17.2 Å². The van der Waals surface area contributed by atoms with Crippen LogP contribution in [0.15, 0.2) is 36.4 Å². The van der Waals surface area contributed by atoms with Crippen LogP contribution in [0.4, 0.5) is 11.8 Å². The van der Waals surface area contributed by atoms with Gasteiger partial charge in [-0.3, -0.25) is 0 Å². The molecule has 0 aliphatic carbocycles. The minimum absolute atomic E-state index is 0. The number of aliphatic hydroxyl groups excluding tert-OH is 1. The lowest BCUT2D eigenvalue weighted by Crippen LogP contribution is -2.13. The third kappa shape index (κ3) is 3.12. The summed E-state index contributed by atoms with van der Waals surface area (Å²) >= 11 is 0. The molecule has 1 aliphatic heterocycles. The van der Waals surface area contributed by atoms with Gasteiger partial charge in [0.1, 0.15) is 17.7 Å². The van der Waals surface area contributed by atoms with Crippen molar-refractivity contribution in [2.45, 2.75) is 6.10 Å². The first-order valence-electron chi connectivity index (χ1n) is 7.64. The molecule has 3 aromatic rings. The minimum atomic E-state index is -0.614. The van der Waals surface area contributed by atoms with E-state index in [0.29, 0.717) is 28.2 Å². The van der Waals surface area contributed by atoms with Gasteiger partial charge in [-0.15, -0.1) is 12.4 Å². The van der Waals surface area contributed by atoms with Gasteiger partial charge in [-0.2, -0.15) is 4.98 Å². The fourth-order valence-corrected chi connectivity index (χ4v) is 2.77. The van der Waals surface area contributed by atoms with Crippen molar-refractivity contribution in [3.05, 3.63) is 42.0 Å². The molecule has 0 bridgehead atoms. The Morgan fingerprint density at radius 2 is 1.92 bits per heavy atom. The van der Waals surface area contributed by atoms with E-state index in [1.165, 1.54) is 0 Å². The summed E-state index contributed by atoms with van der Waals surface area (Å²) in [6.45, 7) is -0.0478. The van der Waals surface area contributed by atoms with Crippen molar-refractivity contribution in [1.82, 2.24) is 9.97 Å². The molecule has 1 unspecified atom stereocenters. The third-order valence-corrected chi connectivity index (χ3v) is 3.93. The van der Waals surface area contributed by atoms with E-state index in [9.17, 15) is 5.11 Å². The smallest absolute Gasteiger partial charge is 0.231 e. The second-order valence-electron chi connectivity index (χ2n) is 5.52. The first-order valence-corrected chi connectivity index (χ1v) is 7.64. The Morgan fingerprint density at radius 1 is 1.12 bits per heavy atom. The maximum atomic E-state index is 9.80. The van der Waals surface area contributed by atoms with Crippen LogP contribution in [0.25, 0.3) is 10.9 Å². The predicted molar refractivity (Wildman–Crippen MR) is 98.6 cm³/mol. The van der Waals surface area contributed by atoms with Crippen LogP contribution in [0.2, 0.25) is 0 Å². The second kappa shape index (κ2) is 7.11. The quantitative estimate of drug-likeness (QED) is 0.631. The maximum Gasteiger partial charge on any atom is 0.231 e. The van der Waals surface area contributed by atoms with Crippen molar-refractivity contribution in [3.8, 4) is 17.2 Å². The average molecular weight is 377 g/mol. The van der Waals surface area contributed by atoms with Gasteiger partial charge in [-0.25, -0.2) is 4.98 Å². The minimum Gasteiger partial charge on any atom is -0.482 e. The molecular weight excluding hydrogens is 360 g/mol. The van der Waals surface area contributed by atoms with Gasteiger partial charge >= 0.3 is 0 Å². The zero-order chi connectivity index (χ0) is 17.4. The summed E-state index contributed by atoms with van der Waals surface area (Å²) < 4.78 is 16.7. The third-order valence-electron chi connectivity index (χ3n) is 3.93. The van der Waals surface area contributed by atoms with Crippen molar-refractivity contribution >= 4 is 35.1 Å². The van der Waals surface area contributed by atoms with E-state index in [1.807, 2.05) is 6.07 Å². The number of halogens is 1. The van der Waals surface area contributed by atoms with Crippen LogP contribution in [0.1, 0.15) is 11.7 Å². The van der Waals surface area contributed by atoms with Crippen LogP contribution in [0, 0.1) is 0 Å². The maximum absolute atomic E-state index is 9.80. The molecular formula is C17H17ClN4O4. The Hall–Kier alpha value is -2.97. The number of aliphatic hydroxyl groups is 1. The van der Waals surface area contributed by atoms with Crippen LogP contribution >= 0.6 is 12.4 Å². The van der Waals surface area contributed by atoms with Crippen LogP contribution in [-0.4, -0.2) is 28.5 Å². The summed E-state index contributed by atoms with van der Waals surface area (Å²) in [4.78, 5) is 8.14. The van der Waals surface area contributed by atoms with Gasteiger partial charge < -0.3 is 30.8 Å². The zero-order valence-electron chi connectivity index (χ0n) is 13.6. The van der Waals surface area contributed by atoms with E-state index in [4.69, 9.17) is 25.7 Å². The summed E-state index contributed by atoms with van der Waals surface area (Å²) in [7, 11) is 0. The molecule has 5 N–H and O–H groups in total. The summed E-state index contributed by atoms with van der Waals surface area (Å²) in [5.41, 5.74) is 12.9. The number of nitrogens with zero attached hydrogens (tertiary/aromatic N) is 2. The highest BCUT2D eigenvalue weighted by atomic mass is 35.5. The number of benzene rings is 2. The van der Waals surface area contributed by atoms with Crippen LogP contribution in [0.3, 0.4) is 0 Å². The Morgan fingerprint density at radius 3 is 2.73 bits per heavy atom. The van der Waals surface area contributed by atoms with Crippen LogP contribution < -0.4 is 25.7 Å². The van der Waals surface area contributed by atoms with Gasteiger partial charge in [-0.05, 0) is 29.8 Å². The number of nitrogen functional groups attached to an aromatic ring is 2. The SMILES string of the molecule is Cl.Nc1nc(N)c2c(OC(CO)c3ccc4c(c3)OCO4)cccc2n1. The van der Waals surface area contributed by atoms with E-state index in [0.717, 1.165) is 5.56 Å². The van der Waals surface area contributed by atoms with Gasteiger partial charge in [0.2, 0.25) is 12.7 Å². The van der Waals surface area contributed by atoms with Gasteiger partial charge in [0, 0.05) is 0 Å². The normalized spacial score (nSPS) is 13.3. The topological polar surface area (TPSA) is 126 Å². The molecule has 0 saturated carbocycles. The molecule has 1 aromatic heterocycles. The van der Waals surface area contributed by atoms with Gasteiger partial charge in [0.25, 0.3) is 0 Å². The number of aromatic nitrogens is 2. The van der Waals surface area contributed by atoms with Crippen molar-refractivity contribution in [3.63, 3.8) is 0 Å². The molecule has 2 heterocycles. The highest BCUT2D eigenvalue weighted by molar-refractivity contribution is 5.94. The first-order chi connectivity index (χ1) is 12.2. The largest absolute Gasteiger partial charge is 0.482 e. The molecule has 0 spiro atoms.